The maximum Gasteiger partial charge on any atom is 0.238 e. The molecule has 6 atom stereocenters. The van der Waals surface area contributed by atoms with Crippen molar-refractivity contribution in [2.24, 2.45) is 23.7 Å². The lowest BCUT2D eigenvalue weighted by Gasteiger charge is -2.55. The second-order valence-corrected chi connectivity index (χ2v) is 13.9. The predicted molar refractivity (Wildman–Crippen MR) is 181 cm³/mol. The Kier molecular flexibility index (Phi) is 7.18. The van der Waals surface area contributed by atoms with Gasteiger partial charge >= 0.3 is 0 Å². The zero-order valence-corrected chi connectivity index (χ0v) is 27.1. The fraction of sp³-hybridized carbons (Fsp3) is 0.200. The molecule has 4 aromatic rings. The summed E-state index contributed by atoms with van der Waals surface area (Å²) in [5.41, 5.74) is 1.66. The van der Waals surface area contributed by atoms with E-state index in [1.807, 2.05) is 54.6 Å². The largest absolute Gasteiger partial charge is 0.505 e. The molecule has 0 aromatic heterocycles. The lowest BCUT2D eigenvalue weighted by Crippen LogP contribution is -2.58. The highest BCUT2D eigenvalue weighted by Crippen LogP contribution is 2.63. The van der Waals surface area contributed by atoms with Gasteiger partial charge in [-0.05, 0) is 77.9 Å². The molecule has 1 aliphatic heterocycles. The number of hydrogen-bond donors (Lipinski definition) is 1. The number of benzene rings is 4. The van der Waals surface area contributed by atoms with Gasteiger partial charge in [-0.15, -0.1) is 0 Å². The molecule has 0 bridgehead atoms. The maximum absolute atomic E-state index is 15.2. The number of imide groups is 1. The minimum Gasteiger partial charge on any atom is -0.505 e. The zero-order chi connectivity index (χ0) is 33.3. The Morgan fingerprint density at radius 3 is 2.19 bits per heavy atom. The van der Waals surface area contributed by atoms with Gasteiger partial charge in [-0.2, -0.15) is 0 Å². The van der Waals surface area contributed by atoms with Gasteiger partial charge in [0.1, 0.15) is 0 Å². The minimum atomic E-state index is -1.47. The Labute approximate surface area is 284 Å². The highest BCUT2D eigenvalue weighted by Gasteiger charge is 2.66. The third-order valence-electron chi connectivity index (χ3n) is 10.8. The van der Waals surface area contributed by atoms with Crippen LogP contribution in [0.5, 0.6) is 5.75 Å². The highest BCUT2D eigenvalue weighted by molar-refractivity contribution is 9.10. The topological polar surface area (TPSA) is 91.8 Å². The van der Waals surface area contributed by atoms with Gasteiger partial charge in [0.25, 0.3) is 0 Å². The average Bonchev–Trinajstić information content (AvgIpc) is 3.36. The molecule has 6 unspecified atom stereocenters. The molecule has 2 amide bonds. The Morgan fingerprint density at radius 2 is 1.50 bits per heavy atom. The van der Waals surface area contributed by atoms with Crippen molar-refractivity contribution < 1.29 is 28.7 Å². The van der Waals surface area contributed by atoms with Gasteiger partial charge in [-0.25, -0.2) is 4.39 Å². The average molecular weight is 703 g/mol. The van der Waals surface area contributed by atoms with Crippen LogP contribution >= 0.6 is 15.9 Å². The predicted octanol–water partition coefficient (Wildman–Crippen LogP) is 7.32. The van der Waals surface area contributed by atoms with Gasteiger partial charge < -0.3 is 5.11 Å². The number of hydrogen-bond acceptors (Lipinski definition) is 5. The standard InChI is InChI=1S/C40H29BrFNO5/c41-25-12-14-26(15-13-25)43-38(47)28-17-16-27-30(35(28)39(43)48)20-31-37(46)29(22-7-3-1-4-8-22)21-34(45)40(31,24-9-5-2-6-10-24)36(27)23-11-18-33(44)32(42)19-23/h1-16,18-19,21,28,30-31,35-36,44H,17,20H2. The molecule has 1 saturated heterocycles. The van der Waals surface area contributed by atoms with Gasteiger partial charge in [0.15, 0.2) is 23.1 Å². The Hall–Kier alpha value is -4.95. The van der Waals surface area contributed by atoms with Crippen LogP contribution in [-0.4, -0.2) is 28.5 Å². The molecular weight excluding hydrogens is 673 g/mol. The number of Topliss-reactive ketones (excluding diaryl/α,β-unsaturated/α-hetero) is 1. The van der Waals surface area contributed by atoms with E-state index in [4.69, 9.17) is 0 Å². The van der Waals surface area contributed by atoms with Crippen molar-refractivity contribution in [2.45, 2.75) is 24.2 Å². The molecule has 0 radical (unpaired) electrons. The van der Waals surface area contributed by atoms with Gasteiger partial charge in [0.05, 0.1) is 22.9 Å². The van der Waals surface area contributed by atoms with Crippen LogP contribution in [-0.2, 0) is 24.6 Å². The SMILES string of the molecule is O=C1C(c2ccccc2)=CC(=O)C2(c3ccccc3)C1CC1C(=CCC3C(=O)N(c4ccc(Br)cc4)C(=O)C31)C2c1ccc(O)c(F)c1. The summed E-state index contributed by atoms with van der Waals surface area (Å²) >= 11 is 3.41. The number of carbonyl (C=O) groups is 4. The van der Waals surface area contributed by atoms with Gasteiger partial charge in [0.2, 0.25) is 11.8 Å². The number of allylic oxidation sites excluding steroid dienone is 4. The number of phenols is 1. The number of fused-ring (bicyclic) bond motifs is 4. The number of aromatic hydroxyl groups is 1. The van der Waals surface area contributed by atoms with Crippen molar-refractivity contribution in [3.63, 3.8) is 0 Å². The quantitative estimate of drug-likeness (QED) is 0.178. The van der Waals surface area contributed by atoms with Crippen LogP contribution in [0.3, 0.4) is 0 Å². The second-order valence-electron chi connectivity index (χ2n) is 13.0. The first-order valence-electron chi connectivity index (χ1n) is 15.9. The van der Waals surface area contributed by atoms with E-state index in [1.54, 1.807) is 42.5 Å². The fourth-order valence-electron chi connectivity index (χ4n) is 8.80. The molecule has 0 spiro atoms. The number of halogens is 2. The summed E-state index contributed by atoms with van der Waals surface area (Å²) in [7, 11) is 0. The first-order chi connectivity index (χ1) is 23.2. The Morgan fingerprint density at radius 1 is 0.812 bits per heavy atom. The lowest BCUT2D eigenvalue weighted by atomic mass is 9.44. The van der Waals surface area contributed by atoms with Crippen LogP contribution < -0.4 is 4.90 Å². The number of nitrogens with zero attached hydrogens (tertiary/aromatic N) is 1. The lowest BCUT2D eigenvalue weighted by molar-refractivity contribution is -0.135. The van der Waals surface area contributed by atoms with E-state index < -0.39 is 46.6 Å². The second kappa shape index (κ2) is 11.3. The smallest absolute Gasteiger partial charge is 0.238 e. The summed E-state index contributed by atoms with van der Waals surface area (Å²) in [4.78, 5) is 59.4. The van der Waals surface area contributed by atoms with Crippen LogP contribution in [0.4, 0.5) is 10.1 Å². The van der Waals surface area contributed by atoms with Gasteiger partial charge in [0, 0.05) is 21.9 Å². The summed E-state index contributed by atoms with van der Waals surface area (Å²) in [6, 6.07) is 29.2. The number of anilines is 1. The summed E-state index contributed by atoms with van der Waals surface area (Å²) in [6.45, 7) is 0. The van der Waals surface area contributed by atoms with Crippen molar-refractivity contribution in [1.82, 2.24) is 0 Å². The fourth-order valence-corrected chi connectivity index (χ4v) is 9.06. The summed E-state index contributed by atoms with van der Waals surface area (Å²) < 4.78 is 16.0. The molecule has 2 fully saturated rings. The van der Waals surface area contributed by atoms with E-state index in [0.717, 1.165) is 10.0 Å². The minimum absolute atomic E-state index is 0.154. The van der Waals surface area contributed by atoms with Crippen LogP contribution in [0.2, 0.25) is 0 Å². The van der Waals surface area contributed by atoms with E-state index in [1.165, 1.54) is 23.1 Å². The Balaban J connectivity index is 1.36. The van der Waals surface area contributed by atoms with Crippen LogP contribution in [0, 0.1) is 29.5 Å². The van der Waals surface area contributed by atoms with Crippen molar-refractivity contribution >= 4 is 50.6 Å². The maximum atomic E-state index is 15.2. The van der Waals surface area contributed by atoms with Crippen molar-refractivity contribution in [3.8, 4) is 5.75 Å². The molecule has 238 valence electrons. The molecule has 3 aliphatic carbocycles. The molecule has 1 heterocycles. The molecule has 1 saturated carbocycles. The molecule has 4 aliphatic rings. The van der Waals surface area contributed by atoms with Crippen LogP contribution in [0.25, 0.3) is 5.57 Å². The van der Waals surface area contributed by atoms with Crippen LogP contribution in [0.15, 0.2) is 125 Å². The van der Waals surface area contributed by atoms with Crippen molar-refractivity contribution in [3.05, 3.63) is 148 Å². The van der Waals surface area contributed by atoms with E-state index >= 15 is 4.39 Å². The summed E-state index contributed by atoms with van der Waals surface area (Å²) in [6.07, 6.45) is 3.78. The first-order valence-corrected chi connectivity index (χ1v) is 16.7. The van der Waals surface area contributed by atoms with Crippen molar-refractivity contribution in [1.29, 1.82) is 0 Å². The van der Waals surface area contributed by atoms with E-state index in [-0.39, 0.29) is 41.8 Å². The number of rotatable bonds is 4. The highest BCUT2D eigenvalue weighted by atomic mass is 79.9. The van der Waals surface area contributed by atoms with E-state index in [2.05, 4.69) is 15.9 Å². The summed E-state index contributed by atoms with van der Waals surface area (Å²) in [5.74, 6) is -6.34. The molecule has 8 heteroatoms. The third-order valence-corrected chi connectivity index (χ3v) is 11.3. The summed E-state index contributed by atoms with van der Waals surface area (Å²) in [5, 5.41) is 10.2. The Bertz CT molecular complexity index is 2080. The molecule has 1 N–H and O–H groups in total. The van der Waals surface area contributed by atoms with E-state index in [9.17, 15) is 24.3 Å². The first kappa shape index (κ1) is 30.4. The molecule has 8 rings (SSSR count). The monoisotopic (exact) mass is 701 g/mol. The molecule has 6 nitrogen and oxygen atoms in total. The van der Waals surface area contributed by atoms with Crippen molar-refractivity contribution in [2.75, 3.05) is 4.90 Å². The zero-order valence-electron chi connectivity index (χ0n) is 25.6. The third kappa shape index (κ3) is 4.35. The number of phenolic OH excluding ortho intramolecular Hbond substituents is 1. The van der Waals surface area contributed by atoms with Crippen LogP contribution in [0.1, 0.15) is 35.4 Å². The number of amides is 2. The normalized spacial score (nSPS) is 28.0. The number of ketones is 2. The number of carbonyl (C=O) groups excluding carboxylic acids is 4. The molecule has 4 aromatic carbocycles. The molecular formula is C40H29BrFNO5. The van der Waals surface area contributed by atoms with Gasteiger partial charge in [-0.1, -0.05) is 94.3 Å². The van der Waals surface area contributed by atoms with E-state index in [0.29, 0.717) is 22.4 Å². The van der Waals surface area contributed by atoms with Gasteiger partial charge in [-0.3, -0.25) is 24.1 Å². The molecule has 48 heavy (non-hydrogen) atoms.